The Morgan fingerprint density at radius 3 is 2.23 bits per heavy atom. The van der Waals surface area contributed by atoms with E-state index < -0.39 is 10.0 Å². The number of rotatable bonds is 7. The summed E-state index contributed by atoms with van der Waals surface area (Å²) >= 11 is 0. The molecule has 0 spiro atoms. The number of hydrogen-bond donors (Lipinski definition) is 0. The predicted molar refractivity (Wildman–Crippen MR) is 138 cm³/mol. The molecular formula is C28H37N3O3S. The van der Waals surface area contributed by atoms with Crippen LogP contribution >= 0.6 is 0 Å². The van der Waals surface area contributed by atoms with Gasteiger partial charge < -0.3 is 9.80 Å². The summed E-state index contributed by atoms with van der Waals surface area (Å²) in [5, 5.41) is 0. The third-order valence-corrected chi connectivity index (χ3v) is 9.77. The van der Waals surface area contributed by atoms with Crippen molar-refractivity contribution in [2.24, 2.45) is 0 Å². The molecule has 0 saturated carbocycles. The summed E-state index contributed by atoms with van der Waals surface area (Å²) < 4.78 is 28.0. The van der Waals surface area contributed by atoms with Crippen LogP contribution in [-0.2, 0) is 14.8 Å². The van der Waals surface area contributed by atoms with Gasteiger partial charge in [0.2, 0.25) is 15.9 Å². The number of carbonyl (C=O) groups is 1. The van der Waals surface area contributed by atoms with Gasteiger partial charge in [-0.25, -0.2) is 8.42 Å². The lowest BCUT2D eigenvalue weighted by Crippen LogP contribution is -2.42. The summed E-state index contributed by atoms with van der Waals surface area (Å²) in [6.45, 7) is 4.94. The minimum atomic E-state index is -3.51. The zero-order chi connectivity index (χ0) is 24.3. The number of benzene rings is 2. The molecule has 3 heterocycles. The number of hydrogen-bond acceptors (Lipinski definition) is 4. The molecule has 1 amide bonds. The molecule has 0 radical (unpaired) electrons. The maximum absolute atomic E-state index is 14.1. The number of likely N-dealkylation sites (tertiary alicyclic amines) is 2. The van der Waals surface area contributed by atoms with Crippen molar-refractivity contribution in [2.75, 3.05) is 39.3 Å². The fourth-order valence-corrected chi connectivity index (χ4v) is 7.49. The van der Waals surface area contributed by atoms with Crippen molar-refractivity contribution in [3.05, 3.63) is 65.7 Å². The van der Waals surface area contributed by atoms with Crippen LogP contribution in [0.1, 0.15) is 68.0 Å². The Morgan fingerprint density at radius 2 is 1.49 bits per heavy atom. The molecule has 188 valence electrons. The summed E-state index contributed by atoms with van der Waals surface area (Å²) in [4.78, 5) is 19.0. The summed E-state index contributed by atoms with van der Waals surface area (Å²) in [6.07, 6.45) is 6.94. The first kappa shape index (κ1) is 24.5. The molecule has 7 heteroatoms. The highest BCUT2D eigenvalue weighted by molar-refractivity contribution is 7.89. The Bertz CT molecular complexity index is 1110. The topological polar surface area (TPSA) is 60.9 Å². The maximum Gasteiger partial charge on any atom is 0.243 e. The Morgan fingerprint density at radius 1 is 0.800 bits per heavy atom. The molecule has 0 bridgehead atoms. The van der Waals surface area contributed by atoms with Crippen molar-refractivity contribution in [2.45, 2.75) is 61.8 Å². The molecule has 3 saturated heterocycles. The highest BCUT2D eigenvalue weighted by Crippen LogP contribution is 2.35. The highest BCUT2D eigenvalue weighted by Gasteiger charge is 2.35. The molecular weight excluding hydrogens is 458 g/mol. The lowest BCUT2D eigenvalue weighted by atomic mass is 9.93. The second kappa shape index (κ2) is 10.8. The van der Waals surface area contributed by atoms with Crippen LogP contribution < -0.4 is 0 Å². The van der Waals surface area contributed by atoms with Crippen molar-refractivity contribution in [1.82, 2.24) is 14.1 Å². The lowest BCUT2D eigenvalue weighted by molar-refractivity contribution is -0.135. The largest absolute Gasteiger partial charge is 0.334 e. The molecule has 6 nitrogen and oxygen atoms in total. The van der Waals surface area contributed by atoms with Crippen molar-refractivity contribution >= 4 is 15.9 Å². The second-order valence-corrected chi connectivity index (χ2v) is 12.1. The molecule has 1 unspecified atom stereocenters. The van der Waals surface area contributed by atoms with Gasteiger partial charge in [-0.15, -0.1) is 0 Å². The van der Waals surface area contributed by atoms with E-state index in [9.17, 15) is 13.2 Å². The van der Waals surface area contributed by atoms with Gasteiger partial charge in [0.15, 0.2) is 0 Å². The Kier molecular flexibility index (Phi) is 7.56. The number of carbonyl (C=O) groups excluding carboxylic acids is 1. The van der Waals surface area contributed by atoms with Crippen molar-refractivity contribution in [1.29, 1.82) is 0 Å². The van der Waals surface area contributed by atoms with E-state index in [4.69, 9.17) is 0 Å². The number of amides is 1. The number of nitrogens with zero attached hydrogens (tertiary/aromatic N) is 3. The van der Waals surface area contributed by atoms with E-state index in [-0.39, 0.29) is 17.9 Å². The maximum atomic E-state index is 14.1. The first-order chi connectivity index (χ1) is 17.0. The molecule has 2 atom stereocenters. The van der Waals surface area contributed by atoms with Gasteiger partial charge in [-0.2, -0.15) is 4.31 Å². The van der Waals surface area contributed by atoms with E-state index in [2.05, 4.69) is 34.1 Å². The van der Waals surface area contributed by atoms with Gasteiger partial charge in [0.1, 0.15) is 0 Å². The Balaban J connectivity index is 1.44. The zero-order valence-electron chi connectivity index (χ0n) is 20.5. The van der Waals surface area contributed by atoms with Crippen molar-refractivity contribution < 1.29 is 13.2 Å². The molecule has 0 N–H and O–H groups in total. The summed E-state index contributed by atoms with van der Waals surface area (Å²) in [5.74, 6) is -0.178. The Labute approximate surface area is 210 Å². The van der Waals surface area contributed by atoms with Gasteiger partial charge >= 0.3 is 0 Å². The SMILES string of the molecule is O=C1C(c2cccc(S(=O)(=O)N3CCCC3)c2)CCCCN1[C@H](CN1CCCC1)c1ccccc1. The first-order valence-electron chi connectivity index (χ1n) is 13.2. The minimum Gasteiger partial charge on any atom is -0.334 e. The van der Waals surface area contributed by atoms with Crippen LogP contribution in [0.15, 0.2) is 59.5 Å². The standard InChI is InChI=1S/C28H37N3O3S/c32-28-26(24-13-10-14-25(21-24)35(33,34)30-18-8-9-19-30)15-4-5-20-31(28)27(22-29-16-6-7-17-29)23-11-2-1-3-12-23/h1-3,10-14,21,26-27H,4-9,15-20,22H2/t26?,27-/m1/s1. The third kappa shape index (κ3) is 5.32. The molecule has 2 aromatic carbocycles. The van der Waals surface area contributed by atoms with E-state index in [0.29, 0.717) is 18.0 Å². The fraction of sp³-hybridized carbons (Fsp3) is 0.536. The average Bonchev–Trinajstić information content (AvgIpc) is 3.58. The van der Waals surface area contributed by atoms with E-state index >= 15 is 0 Å². The molecule has 2 aromatic rings. The van der Waals surface area contributed by atoms with E-state index in [1.165, 1.54) is 18.4 Å². The Hall–Kier alpha value is -2.22. The zero-order valence-corrected chi connectivity index (χ0v) is 21.3. The van der Waals surface area contributed by atoms with Crippen LogP contribution in [-0.4, -0.2) is 67.7 Å². The highest BCUT2D eigenvalue weighted by atomic mass is 32.2. The second-order valence-electron chi connectivity index (χ2n) is 10.2. The van der Waals surface area contributed by atoms with Gasteiger partial charge in [0.25, 0.3) is 0 Å². The molecule has 35 heavy (non-hydrogen) atoms. The van der Waals surface area contributed by atoms with E-state index in [1.54, 1.807) is 22.5 Å². The third-order valence-electron chi connectivity index (χ3n) is 7.88. The van der Waals surface area contributed by atoms with Gasteiger partial charge in [-0.1, -0.05) is 48.9 Å². The molecule has 3 fully saturated rings. The van der Waals surface area contributed by atoms with E-state index in [1.807, 2.05) is 12.1 Å². The molecule has 5 rings (SSSR count). The monoisotopic (exact) mass is 495 g/mol. The van der Waals surface area contributed by atoms with Crippen LogP contribution in [0.5, 0.6) is 0 Å². The van der Waals surface area contributed by atoms with Gasteiger partial charge in [-0.3, -0.25) is 4.79 Å². The quantitative estimate of drug-likeness (QED) is 0.571. The lowest BCUT2D eigenvalue weighted by Gasteiger charge is -2.36. The summed E-state index contributed by atoms with van der Waals surface area (Å²) in [7, 11) is -3.51. The van der Waals surface area contributed by atoms with Crippen molar-refractivity contribution in [3.63, 3.8) is 0 Å². The molecule has 3 aliphatic rings. The van der Waals surface area contributed by atoms with Crippen LogP contribution in [0.25, 0.3) is 0 Å². The smallest absolute Gasteiger partial charge is 0.243 e. The van der Waals surface area contributed by atoms with E-state index in [0.717, 1.165) is 63.8 Å². The van der Waals surface area contributed by atoms with Crippen LogP contribution in [0, 0.1) is 0 Å². The summed E-state index contributed by atoms with van der Waals surface area (Å²) in [5.41, 5.74) is 2.01. The molecule has 0 aliphatic carbocycles. The van der Waals surface area contributed by atoms with Crippen LogP contribution in [0.4, 0.5) is 0 Å². The predicted octanol–water partition coefficient (Wildman–Crippen LogP) is 4.40. The fourth-order valence-electron chi connectivity index (χ4n) is 5.92. The van der Waals surface area contributed by atoms with Gasteiger partial charge in [-0.05, 0) is 74.9 Å². The normalized spacial score (nSPS) is 23.5. The van der Waals surface area contributed by atoms with Crippen LogP contribution in [0.3, 0.4) is 0 Å². The summed E-state index contributed by atoms with van der Waals surface area (Å²) in [6, 6.07) is 17.6. The number of sulfonamides is 1. The van der Waals surface area contributed by atoms with Gasteiger partial charge in [0, 0.05) is 26.2 Å². The minimum absolute atomic E-state index is 0.0129. The van der Waals surface area contributed by atoms with Gasteiger partial charge in [0.05, 0.1) is 16.9 Å². The van der Waals surface area contributed by atoms with Crippen molar-refractivity contribution in [3.8, 4) is 0 Å². The molecule has 3 aliphatic heterocycles. The molecule has 0 aromatic heterocycles. The average molecular weight is 496 g/mol. The van der Waals surface area contributed by atoms with Crippen LogP contribution in [0.2, 0.25) is 0 Å². The first-order valence-corrected chi connectivity index (χ1v) is 14.7.